The van der Waals surface area contributed by atoms with Crippen molar-refractivity contribution in [3.05, 3.63) is 21.3 Å². The minimum atomic E-state index is 0.421. The summed E-state index contributed by atoms with van der Waals surface area (Å²) in [4.78, 5) is 1.27. The van der Waals surface area contributed by atoms with E-state index in [0.29, 0.717) is 6.04 Å². The maximum Gasteiger partial charge on any atom is 0.0561 e. The van der Waals surface area contributed by atoms with Crippen LogP contribution in [0.15, 0.2) is 11.4 Å². The van der Waals surface area contributed by atoms with Crippen molar-refractivity contribution in [1.82, 2.24) is 5.32 Å². The zero-order valence-electron chi connectivity index (χ0n) is 9.01. The lowest BCUT2D eigenvalue weighted by Gasteiger charge is -2.16. The first kappa shape index (κ1) is 12.0. The van der Waals surface area contributed by atoms with Gasteiger partial charge in [0.2, 0.25) is 0 Å². The Hall–Kier alpha value is -0.0500. The highest BCUT2D eigenvalue weighted by atomic mass is 35.5. The highest BCUT2D eigenvalue weighted by Crippen LogP contribution is 2.31. The van der Waals surface area contributed by atoms with Crippen LogP contribution in [0.4, 0.5) is 0 Å². The highest BCUT2D eigenvalue weighted by molar-refractivity contribution is 7.10. The SMILES string of the molecule is CNC(CCC(C)C)c1sccc1Cl. The third-order valence-electron chi connectivity index (χ3n) is 2.34. The summed E-state index contributed by atoms with van der Waals surface area (Å²) in [6.07, 6.45) is 2.40. The van der Waals surface area contributed by atoms with Gasteiger partial charge >= 0.3 is 0 Å². The van der Waals surface area contributed by atoms with Crippen molar-refractivity contribution in [3.8, 4) is 0 Å². The Bertz CT molecular complexity index is 270. The van der Waals surface area contributed by atoms with Gasteiger partial charge in [0.15, 0.2) is 0 Å². The summed E-state index contributed by atoms with van der Waals surface area (Å²) in [6, 6.07) is 2.39. The molecule has 1 aromatic rings. The Morgan fingerprint density at radius 1 is 1.43 bits per heavy atom. The first-order chi connectivity index (χ1) is 6.65. The van der Waals surface area contributed by atoms with Crippen LogP contribution in [0.3, 0.4) is 0 Å². The molecular weight excluding hydrogens is 214 g/mol. The van der Waals surface area contributed by atoms with Gasteiger partial charge in [0.1, 0.15) is 0 Å². The molecule has 0 aliphatic heterocycles. The monoisotopic (exact) mass is 231 g/mol. The lowest BCUT2D eigenvalue weighted by molar-refractivity contribution is 0.469. The Balaban J connectivity index is 2.58. The molecule has 1 heterocycles. The van der Waals surface area contributed by atoms with Crippen LogP contribution in [0.5, 0.6) is 0 Å². The number of halogens is 1. The topological polar surface area (TPSA) is 12.0 Å². The van der Waals surface area contributed by atoms with Gasteiger partial charge < -0.3 is 5.32 Å². The molecule has 1 unspecified atom stereocenters. The summed E-state index contributed by atoms with van der Waals surface area (Å²) in [6.45, 7) is 4.51. The summed E-state index contributed by atoms with van der Waals surface area (Å²) < 4.78 is 0. The molecule has 1 N–H and O–H groups in total. The van der Waals surface area contributed by atoms with Crippen LogP contribution in [-0.4, -0.2) is 7.05 Å². The number of nitrogens with one attached hydrogen (secondary N) is 1. The van der Waals surface area contributed by atoms with Crippen molar-refractivity contribution in [3.63, 3.8) is 0 Å². The summed E-state index contributed by atoms with van der Waals surface area (Å²) >= 11 is 7.84. The molecule has 0 aromatic carbocycles. The largest absolute Gasteiger partial charge is 0.312 e. The van der Waals surface area contributed by atoms with Crippen molar-refractivity contribution in [2.24, 2.45) is 5.92 Å². The maximum absolute atomic E-state index is 6.10. The van der Waals surface area contributed by atoms with Crippen molar-refractivity contribution in [1.29, 1.82) is 0 Å². The van der Waals surface area contributed by atoms with E-state index in [9.17, 15) is 0 Å². The first-order valence-electron chi connectivity index (χ1n) is 5.05. The molecule has 0 saturated heterocycles. The lowest BCUT2D eigenvalue weighted by Crippen LogP contribution is -2.16. The van der Waals surface area contributed by atoms with E-state index in [-0.39, 0.29) is 0 Å². The predicted octanol–water partition coefficient (Wildman–Crippen LogP) is 4.10. The van der Waals surface area contributed by atoms with Gasteiger partial charge in [-0.15, -0.1) is 11.3 Å². The summed E-state index contributed by atoms with van der Waals surface area (Å²) in [5.41, 5.74) is 0. The van der Waals surface area contributed by atoms with Crippen molar-refractivity contribution in [2.45, 2.75) is 32.7 Å². The fraction of sp³-hybridized carbons (Fsp3) is 0.636. The van der Waals surface area contributed by atoms with Crippen molar-refractivity contribution >= 4 is 22.9 Å². The maximum atomic E-state index is 6.10. The van der Waals surface area contributed by atoms with Crippen molar-refractivity contribution < 1.29 is 0 Å². The van der Waals surface area contributed by atoms with Gasteiger partial charge in [0.05, 0.1) is 5.02 Å². The molecule has 14 heavy (non-hydrogen) atoms. The minimum absolute atomic E-state index is 0.421. The molecule has 1 aromatic heterocycles. The van der Waals surface area contributed by atoms with E-state index < -0.39 is 0 Å². The van der Waals surface area contributed by atoms with E-state index in [0.717, 1.165) is 17.4 Å². The van der Waals surface area contributed by atoms with Crippen LogP contribution in [0.25, 0.3) is 0 Å². The fourth-order valence-corrected chi connectivity index (χ4v) is 2.79. The van der Waals surface area contributed by atoms with Crippen LogP contribution in [0.1, 0.15) is 37.6 Å². The standard InChI is InChI=1S/C11H18ClNS/c1-8(2)4-5-10(13-3)11-9(12)6-7-14-11/h6-8,10,13H,4-5H2,1-3H3. The average Bonchev–Trinajstić information content (AvgIpc) is 2.53. The molecule has 1 atom stereocenters. The van der Waals surface area contributed by atoms with Crippen LogP contribution in [0.2, 0.25) is 5.02 Å². The van der Waals surface area contributed by atoms with E-state index in [2.05, 4.69) is 24.5 Å². The Morgan fingerprint density at radius 3 is 2.57 bits per heavy atom. The van der Waals surface area contributed by atoms with Crippen LogP contribution >= 0.6 is 22.9 Å². The molecule has 0 amide bonds. The molecule has 0 aliphatic rings. The van der Waals surface area contributed by atoms with Gasteiger partial charge in [-0.1, -0.05) is 25.4 Å². The molecule has 3 heteroatoms. The Labute approximate surface area is 95.5 Å². The summed E-state index contributed by atoms with van der Waals surface area (Å²) in [5, 5.41) is 6.28. The van der Waals surface area contributed by atoms with Gasteiger partial charge in [-0.3, -0.25) is 0 Å². The van der Waals surface area contributed by atoms with Gasteiger partial charge in [-0.25, -0.2) is 0 Å². The molecule has 0 aliphatic carbocycles. The fourth-order valence-electron chi connectivity index (χ4n) is 1.46. The molecule has 1 nitrogen and oxygen atoms in total. The molecule has 0 spiro atoms. The highest BCUT2D eigenvalue weighted by Gasteiger charge is 2.14. The van der Waals surface area contributed by atoms with Gasteiger partial charge in [-0.2, -0.15) is 0 Å². The zero-order valence-corrected chi connectivity index (χ0v) is 10.6. The number of hydrogen-bond acceptors (Lipinski definition) is 2. The van der Waals surface area contributed by atoms with E-state index in [1.807, 2.05) is 13.1 Å². The molecule has 80 valence electrons. The molecule has 0 fully saturated rings. The number of rotatable bonds is 5. The first-order valence-corrected chi connectivity index (χ1v) is 6.31. The van der Waals surface area contributed by atoms with Crippen LogP contribution in [-0.2, 0) is 0 Å². The second kappa shape index (κ2) is 5.74. The molecular formula is C11H18ClNS. The van der Waals surface area contributed by atoms with E-state index in [1.165, 1.54) is 11.3 Å². The molecule has 1 rings (SSSR count). The summed E-state index contributed by atoms with van der Waals surface area (Å²) in [7, 11) is 2.00. The Morgan fingerprint density at radius 2 is 2.14 bits per heavy atom. The third kappa shape index (κ3) is 3.26. The van der Waals surface area contributed by atoms with Crippen LogP contribution < -0.4 is 5.32 Å². The molecule has 0 radical (unpaired) electrons. The zero-order chi connectivity index (χ0) is 10.6. The third-order valence-corrected chi connectivity index (χ3v) is 3.81. The number of thiophene rings is 1. The molecule has 0 bridgehead atoms. The van der Waals surface area contributed by atoms with Crippen LogP contribution in [0, 0.1) is 5.92 Å². The normalized spacial score (nSPS) is 13.5. The predicted molar refractivity (Wildman–Crippen MR) is 65.2 cm³/mol. The van der Waals surface area contributed by atoms with Crippen molar-refractivity contribution in [2.75, 3.05) is 7.05 Å². The second-order valence-corrected chi connectivity index (χ2v) is 5.30. The van der Waals surface area contributed by atoms with E-state index in [1.54, 1.807) is 11.3 Å². The van der Waals surface area contributed by atoms with Gasteiger partial charge in [0.25, 0.3) is 0 Å². The second-order valence-electron chi connectivity index (χ2n) is 3.95. The summed E-state index contributed by atoms with van der Waals surface area (Å²) in [5.74, 6) is 0.754. The minimum Gasteiger partial charge on any atom is -0.312 e. The Kier molecular flexibility index (Phi) is 4.93. The van der Waals surface area contributed by atoms with E-state index >= 15 is 0 Å². The smallest absolute Gasteiger partial charge is 0.0561 e. The average molecular weight is 232 g/mol. The quantitative estimate of drug-likeness (QED) is 0.805. The molecule has 0 saturated carbocycles. The van der Waals surface area contributed by atoms with Gasteiger partial charge in [0, 0.05) is 10.9 Å². The van der Waals surface area contributed by atoms with Gasteiger partial charge in [-0.05, 0) is 37.3 Å². The number of hydrogen-bond donors (Lipinski definition) is 1. The van der Waals surface area contributed by atoms with E-state index in [4.69, 9.17) is 11.6 Å². The lowest BCUT2D eigenvalue weighted by atomic mass is 10.0.